The monoisotopic (exact) mass is 282 g/mol. The molecule has 19 heavy (non-hydrogen) atoms. The number of benzene rings is 1. The summed E-state index contributed by atoms with van der Waals surface area (Å²) in [6.07, 6.45) is 2.46. The summed E-state index contributed by atoms with van der Waals surface area (Å²) < 4.78 is 15.6. The normalized spacial score (nSPS) is 12.6. The summed E-state index contributed by atoms with van der Waals surface area (Å²) in [5.41, 5.74) is 3.74. The number of nitrogens with two attached hydrogens (primary N) is 1. The molecule has 1 aromatic heterocycles. The van der Waals surface area contributed by atoms with E-state index in [-0.39, 0.29) is 5.82 Å². The number of hydrogen-bond acceptors (Lipinski definition) is 3. The summed E-state index contributed by atoms with van der Waals surface area (Å²) >= 11 is 6.16. The molecule has 0 aliphatic heterocycles. The lowest BCUT2D eigenvalue weighted by molar-refractivity contribution is 0.502. The third-order valence-electron chi connectivity index (χ3n) is 2.92. The Hall–Kier alpha value is -1.43. The molecule has 6 heteroatoms. The summed E-state index contributed by atoms with van der Waals surface area (Å²) in [6, 6.07) is 5.95. The molecule has 0 spiro atoms. The van der Waals surface area contributed by atoms with Crippen molar-refractivity contribution >= 4 is 11.6 Å². The van der Waals surface area contributed by atoms with Crippen LogP contribution in [0.2, 0.25) is 5.02 Å². The van der Waals surface area contributed by atoms with Crippen LogP contribution in [0.4, 0.5) is 4.39 Å². The van der Waals surface area contributed by atoms with Crippen LogP contribution in [-0.2, 0) is 6.54 Å². The van der Waals surface area contributed by atoms with E-state index in [1.165, 1.54) is 6.07 Å². The van der Waals surface area contributed by atoms with E-state index < -0.39 is 6.04 Å². The molecule has 4 nitrogen and oxygen atoms in total. The van der Waals surface area contributed by atoms with Crippen LogP contribution in [0.3, 0.4) is 0 Å². The van der Waals surface area contributed by atoms with E-state index in [9.17, 15) is 4.39 Å². The fourth-order valence-electron chi connectivity index (χ4n) is 2.07. The van der Waals surface area contributed by atoms with Crippen molar-refractivity contribution in [3.8, 4) is 0 Å². The number of rotatable bonds is 5. The van der Waals surface area contributed by atoms with Gasteiger partial charge in [0.15, 0.2) is 0 Å². The Labute approximate surface area is 116 Å². The lowest BCUT2D eigenvalue weighted by Crippen LogP contribution is -2.31. The Morgan fingerprint density at radius 2 is 2.21 bits per heavy atom. The van der Waals surface area contributed by atoms with E-state index in [0.29, 0.717) is 22.8 Å². The molecule has 0 amide bonds. The lowest BCUT2D eigenvalue weighted by Gasteiger charge is -2.19. The van der Waals surface area contributed by atoms with Gasteiger partial charge in [-0.1, -0.05) is 36.7 Å². The van der Waals surface area contributed by atoms with Crippen molar-refractivity contribution in [1.29, 1.82) is 0 Å². The third kappa shape index (κ3) is 2.78. The lowest BCUT2D eigenvalue weighted by atomic mass is 10.0. The first-order valence-corrected chi connectivity index (χ1v) is 6.48. The second-order valence-electron chi connectivity index (χ2n) is 4.22. The second-order valence-corrected chi connectivity index (χ2v) is 4.63. The van der Waals surface area contributed by atoms with Gasteiger partial charge in [-0.25, -0.2) is 9.82 Å². The van der Waals surface area contributed by atoms with E-state index in [4.69, 9.17) is 17.4 Å². The number of nitrogens with zero attached hydrogens (tertiary/aromatic N) is 2. The van der Waals surface area contributed by atoms with Gasteiger partial charge >= 0.3 is 0 Å². The molecule has 102 valence electrons. The molecular formula is C13H16ClFN4. The smallest absolute Gasteiger partial charge is 0.128 e. The van der Waals surface area contributed by atoms with Crippen molar-refractivity contribution in [2.45, 2.75) is 25.9 Å². The fraction of sp³-hybridized carbons (Fsp3) is 0.308. The zero-order valence-electron chi connectivity index (χ0n) is 10.6. The maximum absolute atomic E-state index is 13.9. The molecule has 0 aliphatic carbocycles. The average Bonchev–Trinajstić information content (AvgIpc) is 2.75. The van der Waals surface area contributed by atoms with Gasteiger partial charge in [-0.3, -0.25) is 10.5 Å². The highest BCUT2D eigenvalue weighted by molar-refractivity contribution is 6.31. The van der Waals surface area contributed by atoms with Crippen LogP contribution in [-0.4, -0.2) is 9.78 Å². The van der Waals surface area contributed by atoms with E-state index in [2.05, 4.69) is 10.5 Å². The fourth-order valence-corrected chi connectivity index (χ4v) is 2.32. The number of nitrogens with one attached hydrogen (secondary N) is 1. The van der Waals surface area contributed by atoms with Crippen LogP contribution in [0.1, 0.15) is 30.6 Å². The van der Waals surface area contributed by atoms with Gasteiger partial charge in [0.2, 0.25) is 0 Å². The number of aromatic nitrogens is 2. The molecule has 0 saturated carbocycles. The van der Waals surface area contributed by atoms with Crippen molar-refractivity contribution in [3.05, 3.63) is 52.6 Å². The zero-order chi connectivity index (χ0) is 13.8. The molecule has 2 rings (SSSR count). The van der Waals surface area contributed by atoms with E-state index in [0.717, 1.165) is 6.42 Å². The minimum atomic E-state index is -0.525. The van der Waals surface area contributed by atoms with Gasteiger partial charge in [-0.05, 0) is 12.5 Å². The molecule has 0 radical (unpaired) electrons. The topological polar surface area (TPSA) is 55.9 Å². The predicted octanol–water partition coefficient (Wildman–Crippen LogP) is 2.64. The minimum Gasteiger partial charge on any atom is -0.271 e. The Balaban J connectivity index is 2.48. The van der Waals surface area contributed by atoms with E-state index >= 15 is 0 Å². The Morgan fingerprint density at radius 3 is 2.84 bits per heavy atom. The number of aryl methyl sites for hydroxylation is 1. The highest BCUT2D eigenvalue weighted by Gasteiger charge is 2.23. The van der Waals surface area contributed by atoms with Crippen LogP contribution in [0.5, 0.6) is 0 Å². The maximum atomic E-state index is 13.9. The molecule has 2 aromatic rings. The summed E-state index contributed by atoms with van der Waals surface area (Å²) in [5, 5.41) is 4.67. The van der Waals surface area contributed by atoms with Gasteiger partial charge in [-0.15, -0.1) is 0 Å². The number of halogens is 2. The van der Waals surface area contributed by atoms with E-state index in [1.807, 2.05) is 6.92 Å². The van der Waals surface area contributed by atoms with Crippen LogP contribution >= 0.6 is 11.6 Å². The molecule has 1 aromatic carbocycles. The van der Waals surface area contributed by atoms with Gasteiger partial charge in [-0.2, -0.15) is 5.10 Å². The standard InChI is InChI=1S/C13H16ClFN4/c1-2-7-19-13(10(14)8-17-19)12(18-16)9-5-3-4-6-11(9)15/h3-6,8,12,18H,2,7,16H2,1H3. The van der Waals surface area contributed by atoms with Crippen LogP contribution < -0.4 is 11.3 Å². The summed E-state index contributed by atoms with van der Waals surface area (Å²) in [4.78, 5) is 0. The number of hydrogen-bond donors (Lipinski definition) is 2. The summed E-state index contributed by atoms with van der Waals surface area (Å²) in [7, 11) is 0. The summed E-state index contributed by atoms with van der Waals surface area (Å²) in [5.74, 6) is 5.25. The molecule has 1 atom stereocenters. The highest BCUT2D eigenvalue weighted by atomic mass is 35.5. The largest absolute Gasteiger partial charge is 0.271 e. The first kappa shape index (κ1) is 14.0. The molecule has 0 bridgehead atoms. The van der Waals surface area contributed by atoms with Crippen molar-refractivity contribution in [3.63, 3.8) is 0 Å². The predicted molar refractivity (Wildman–Crippen MR) is 73.1 cm³/mol. The first-order valence-electron chi connectivity index (χ1n) is 6.10. The molecular weight excluding hydrogens is 267 g/mol. The molecule has 0 aliphatic rings. The number of hydrazine groups is 1. The molecule has 0 saturated heterocycles. The van der Waals surface area contributed by atoms with Gasteiger partial charge < -0.3 is 0 Å². The average molecular weight is 283 g/mol. The van der Waals surface area contributed by atoms with Crippen LogP contribution in [0, 0.1) is 5.82 Å². The van der Waals surface area contributed by atoms with Crippen LogP contribution in [0.15, 0.2) is 30.5 Å². The Morgan fingerprint density at radius 1 is 1.47 bits per heavy atom. The van der Waals surface area contributed by atoms with Crippen LogP contribution in [0.25, 0.3) is 0 Å². The van der Waals surface area contributed by atoms with Gasteiger partial charge in [0.25, 0.3) is 0 Å². The summed E-state index contributed by atoms with van der Waals surface area (Å²) in [6.45, 7) is 2.74. The highest BCUT2D eigenvalue weighted by Crippen LogP contribution is 2.29. The van der Waals surface area contributed by atoms with E-state index in [1.54, 1.807) is 29.1 Å². The molecule has 1 unspecified atom stereocenters. The Kier molecular flexibility index (Phi) is 4.52. The van der Waals surface area contributed by atoms with Gasteiger partial charge in [0.1, 0.15) is 5.82 Å². The molecule has 1 heterocycles. The second kappa shape index (κ2) is 6.14. The minimum absolute atomic E-state index is 0.328. The SMILES string of the molecule is CCCn1ncc(Cl)c1C(NN)c1ccccc1F. The van der Waals surface area contributed by atoms with Crippen molar-refractivity contribution in [2.24, 2.45) is 5.84 Å². The maximum Gasteiger partial charge on any atom is 0.128 e. The van der Waals surface area contributed by atoms with Gasteiger partial charge in [0.05, 0.1) is 23.0 Å². The third-order valence-corrected chi connectivity index (χ3v) is 3.22. The van der Waals surface area contributed by atoms with Crippen molar-refractivity contribution < 1.29 is 4.39 Å². The molecule has 0 fully saturated rings. The molecule has 3 N–H and O–H groups in total. The quantitative estimate of drug-likeness (QED) is 0.655. The zero-order valence-corrected chi connectivity index (χ0v) is 11.4. The van der Waals surface area contributed by atoms with Crippen molar-refractivity contribution in [1.82, 2.24) is 15.2 Å². The van der Waals surface area contributed by atoms with Gasteiger partial charge in [0, 0.05) is 12.1 Å². The van der Waals surface area contributed by atoms with Crippen molar-refractivity contribution in [2.75, 3.05) is 0 Å². The Bertz CT molecular complexity index is 555. The first-order chi connectivity index (χ1) is 9.19.